The first-order chi connectivity index (χ1) is 8.58. The molecule has 0 aliphatic heterocycles. The average molecular weight is 241 g/mol. The van der Waals surface area contributed by atoms with Crippen molar-refractivity contribution in [3.05, 3.63) is 35.8 Å². The molecule has 0 unspecified atom stereocenters. The third kappa shape index (κ3) is 1.40. The summed E-state index contributed by atoms with van der Waals surface area (Å²) in [6.07, 6.45) is 1.95. The van der Waals surface area contributed by atoms with E-state index in [0.717, 1.165) is 28.3 Å². The molecule has 3 heterocycles. The number of hydrogen-bond donors (Lipinski definition) is 1. The molecule has 5 heteroatoms. The van der Waals surface area contributed by atoms with Crippen LogP contribution in [0.3, 0.4) is 0 Å². The van der Waals surface area contributed by atoms with Crippen molar-refractivity contribution in [2.45, 2.75) is 13.8 Å². The first kappa shape index (κ1) is 10.8. The fourth-order valence-electron chi connectivity index (χ4n) is 2.31. The van der Waals surface area contributed by atoms with Gasteiger partial charge in [0.1, 0.15) is 17.2 Å². The second kappa shape index (κ2) is 3.60. The van der Waals surface area contributed by atoms with Gasteiger partial charge in [0.05, 0.1) is 5.69 Å². The van der Waals surface area contributed by atoms with Gasteiger partial charge in [0.25, 0.3) is 0 Å². The van der Waals surface area contributed by atoms with Crippen LogP contribution in [0, 0.1) is 13.8 Å². The lowest BCUT2D eigenvalue weighted by atomic mass is 10.2. The van der Waals surface area contributed by atoms with Crippen LogP contribution in [0.15, 0.2) is 24.4 Å². The number of fused-ring (bicyclic) bond motifs is 1. The van der Waals surface area contributed by atoms with Crippen molar-refractivity contribution < 1.29 is 0 Å². The minimum atomic E-state index is 0.666. The molecule has 0 radical (unpaired) electrons. The highest BCUT2D eigenvalue weighted by Crippen LogP contribution is 2.29. The van der Waals surface area contributed by atoms with Gasteiger partial charge >= 0.3 is 0 Å². The van der Waals surface area contributed by atoms with E-state index in [1.807, 2.05) is 49.7 Å². The van der Waals surface area contributed by atoms with Gasteiger partial charge in [-0.2, -0.15) is 5.10 Å². The van der Waals surface area contributed by atoms with Gasteiger partial charge in [-0.25, -0.2) is 4.98 Å². The van der Waals surface area contributed by atoms with E-state index in [4.69, 9.17) is 5.73 Å². The van der Waals surface area contributed by atoms with Crippen molar-refractivity contribution >= 4 is 11.5 Å². The lowest BCUT2D eigenvalue weighted by Crippen LogP contribution is -1.97. The number of anilines is 1. The van der Waals surface area contributed by atoms with Gasteiger partial charge in [-0.3, -0.25) is 9.08 Å². The lowest BCUT2D eigenvalue weighted by molar-refractivity contribution is 0.756. The summed E-state index contributed by atoms with van der Waals surface area (Å²) in [4.78, 5) is 4.60. The van der Waals surface area contributed by atoms with Crippen molar-refractivity contribution in [1.82, 2.24) is 19.2 Å². The molecule has 0 saturated heterocycles. The van der Waals surface area contributed by atoms with E-state index in [-0.39, 0.29) is 0 Å². The maximum absolute atomic E-state index is 6.21. The molecule has 3 rings (SSSR count). The third-order valence-electron chi connectivity index (χ3n) is 3.14. The summed E-state index contributed by atoms with van der Waals surface area (Å²) in [7, 11) is 1.90. The fraction of sp³-hybridized carbons (Fsp3) is 0.231. The number of hydrogen-bond acceptors (Lipinski definition) is 3. The summed E-state index contributed by atoms with van der Waals surface area (Å²) < 4.78 is 3.74. The smallest absolute Gasteiger partial charge is 0.139 e. The van der Waals surface area contributed by atoms with E-state index in [1.165, 1.54) is 0 Å². The summed E-state index contributed by atoms with van der Waals surface area (Å²) >= 11 is 0. The number of aryl methyl sites for hydroxylation is 3. The fourth-order valence-corrected chi connectivity index (χ4v) is 2.31. The number of nitrogens with two attached hydrogens (primary N) is 1. The Morgan fingerprint density at radius 2 is 2.00 bits per heavy atom. The van der Waals surface area contributed by atoms with Crippen molar-refractivity contribution in [2.24, 2.45) is 7.05 Å². The molecule has 18 heavy (non-hydrogen) atoms. The standard InChI is InChI=1S/C13H15N5/c1-8-5-4-6-11-15-12(13(14)18(8)11)10-7-17(3)16-9(10)2/h4-7H,14H2,1-3H3. The van der Waals surface area contributed by atoms with Crippen molar-refractivity contribution in [3.8, 4) is 11.3 Å². The molecule has 92 valence electrons. The van der Waals surface area contributed by atoms with Gasteiger partial charge in [0.15, 0.2) is 0 Å². The zero-order chi connectivity index (χ0) is 12.9. The third-order valence-corrected chi connectivity index (χ3v) is 3.14. The number of aromatic nitrogens is 4. The lowest BCUT2D eigenvalue weighted by Gasteiger charge is -2.01. The van der Waals surface area contributed by atoms with E-state index < -0.39 is 0 Å². The molecule has 0 aliphatic carbocycles. The van der Waals surface area contributed by atoms with E-state index in [9.17, 15) is 0 Å². The molecule has 5 nitrogen and oxygen atoms in total. The van der Waals surface area contributed by atoms with Crippen molar-refractivity contribution in [2.75, 3.05) is 5.73 Å². The molecule has 0 bridgehead atoms. The first-order valence-corrected chi connectivity index (χ1v) is 5.82. The van der Waals surface area contributed by atoms with Crippen molar-refractivity contribution in [1.29, 1.82) is 0 Å². The number of rotatable bonds is 1. The Morgan fingerprint density at radius 3 is 2.61 bits per heavy atom. The van der Waals surface area contributed by atoms with E-state index in [0.29, 0.717) is 5.82 Å². The van der Waals surface area contributed by atoms with Gasteiger partial charge in [-0.15, -0.1) is 0 Å². The van der Waals surface area contributed by atoms with Crippen LogP contribution < -0.4 is 5.73 Å². The summed E-state index contributed by atoms with van der Waals surface area (Å²) in [5.41, 5.74) is 10.9. The predicted octanol–water partition coefficient (Wildman–Crippen LogP) is 1.93. The van der Waals surface area contributed by atoms with Gasteiger partial charge < -0.3 is 5.73 Å². The number of nitrogens with zero attached hydrogens (tertiary/aromatic N) is 4. The van der Waals surface area contributed by atoms with Crippen LogP contribution >= 0.6 is 0 Å². The second-order valence-electron chi connectivity index (χ2n) is 4.51. The monoisotopic (exact) mass is 241 g/mol. The number of pyridine rings is 1. The molecule has 0 fully saturated rings. The van der Waals surface area contributed by atoms with Gasteiger partial charge in [-0.05, 0) is 26.0 Å². The van der Waals surface area contributed by atoms with Crippen molar-refractivity contribution in [3.63, 3.8) is 0 Å². The Morgan fingerprint density at radius 1 is 1.22 bits per heavy atom. The molecule has 3 aromatic heterocycles. The van der Waals surface area contributed by atoms with E-state index >= 15 is 0 Å². The van der Waals surface area contributed by atoms with E-state index in [1.54, 1.807) is 4.68 Å². The molecule has 2 N–H and O–H groups in total. The maximum Gasteiger partial charge on any atom is 0.139 e. The van der Waals surface area contributed by atoms with Crippen LogP contribution in [0.25, 0.3) is 16.9 Å². The molecule has 0 saturated carbocycles. The minimum absolute atomic E-state index is 0.666. The number of imidazole rings is 1. The van der Waals surface area contributed by atoms with E-state index in [2.05, 4.69) is 10.1 Å². The zero-order valence-electron chi connectivity index (χ0n) is 10.7. The number of nitrogen functional groups attached to an aromatic ring is 1. The molecular weight excluding hydrogens is 226 g/mol. The SMILES string of the molecule is Cc1nn(C)cc1-c1nc2cccc(C)n2c1N. The Labute approximate surface area is 105 Å². The van der Waals surface area contributed by atoms with Crippen LogP contribution in [0.2, 0.25) is 0 Å². The van der Waals surface area contributed by atoms with Crippen LogP contribution in [-0.4, -0.2) is 19.2 Å². The van der Waals surface area contributed by atoms with Gasteiger partial charge in [-0.1, -0.05) is 6.07 Å². The Kier molecular flexibility index (Phi) is 2.16. The molecule has 0 amide bonds. The average Bonchev–Trinajstić information content (AvgIpc) is 2.80. The molecule has 0 atom stereocenters. The highest BCUT2D eigenvalue weighted by atomic mass is 15.3. The summed E-state index contributed by atoms with van der Waals surface area (Å²) in [5.74, 6) is 0.666. The van der Waals surface area contributed by atoms with Crippen LogP contribution in [0.5, 0.6) is 0 Å². The Bertz CT molecular complexity index is 735. The van der Waals surface area contributed by atoms with Gasteiger partial charge in [0.2, 0.25) is 0 Å². The van der Waals surface area contributed by atoms with Crippen LogP contribution in [-0.2, 0) is 7.05 Å². The quantitative estimate of drug-likeness (QED) is 0.708. The normalized spacial score (nSPS) is 11.3. The Balaban J connectivity index is 2.34. The highest BCUT2D eigenvalue weighted by Gasteiger charge is 2.16. The van der Waals surface area contributed by atoms with Gasteiger partial charge in [0, 0.05) is 24.5 Å². The first-order valence-electron chi connectivity index (χ1n) is 5.82. The topological polar surface area (TPSA) is 61.1 Å². The maximum atomic E-state index is 6.21. The molecule has 0 spiro atoms. The van der Waals surface area contributed by atoms with Crippen LogP contribution in [0.4, 0.5) is 5.82 Å². The second-order valence-corrected chi connectivity index (χ2v) is 4.51. The zero-order valence-corrected chi connectivity index (χ0v) is 10.7. The summed E-state index contributed by atoms with van der Waals surface area (Å²) in [5, 5.41) is 4.33. The minimum Gasteiger partial charge on any atom is -0.383 e. The molecular formula is C13H15N5. The molecule has 0 aromatic carbocycles. The molecule has 3 aromatic rings. The predicted molar refractivity (Wildman–Crippen MR) is 71.3 cm³/mol. The van der Waals surface area contributed by atoms with Crippen LogP contribution in [0.1, 0.15) is 11.4 Å². The summed E-state index contributed by atoms with van der Waals surface area (Å²) in [6, 6.07) is 5.96. The molecule has 0 aliphatic rings. The summed E-state index contributed by atoms with van der Waals surface area (Å²) in [6.45, 7) is 3.98. The Hall–Kier alpha value is -2.30. The highest BCUT2D eigenvalue weighted by molar-refractivity contribution is 5.76. The largest absolute Gasteiger partial charge is 0.383 e.